The molecule has 1 aromatic rings. The molecule has 0 bridgehead atoms. The molecule has 6 amide bonds. The van der Waals surface area contributed by atoms with Gasteiger partial charge in [-0.05, 0) is 37.0 Å². The Balaban J connectivity index is -0.00000280. The van der Waals surface area contributed by atoms with E-state index in [2.05, 4.69) is 35.1 Å². The quantitative estimate of drug-likeness (QED) is 0.104. The zero-order chi connectivity index (χ0) is 38.0. The summed E-state index contributed by atoms with van der Waals surface area (Å²) in [7, 11) is 1.52. The van der Waals surface area contributed by atoms with Crippen LogP contribution in [0.15, 0.2) is 24.3 Å². The number of nitrogens with zero attached hydrogens (tertiary/aromatic N) is 1. The number of nitrogens with two attached hydrogens (primary N) is 1. The lowest BCUT2D eigenvalue weighted by Crippen LogP contribution is -2.47. The normalized spacial score (nSPS) is 10.1. The highest BCUT2D eigenvalue weighted by molar-refractivity contribution is 5.97. The molecule has 49 heavy (non-hydrogen) atoms. The summed E-state index contributed by atoms with van der Waals surface area (Å²) in [5.74, 6) is -1.86. The van der Waals surface area contributed by atoms with E-state index in [0.29, 0.717) is 24.3 Å². The Morgan fingerprint density at radius 2 is 1.47 bits per heavy atom. The zero-order valence-electron chi connectivity index (χ0n) is 31.1. The van der Waals surface area contributed by atoms with Gasteiger partial charge >= 0.3 is 18.1 Å². The Morgan fingerprint density at radius 1 is 0.857 bits per heavy atom. The van der Waals surface area contributed by atoms with Crippen LogP contribution in [-0.4, -0.2) is 93.3 Å². The van der Waals surface area contributed by atoms with Gasteiger partial charge in [-0.1, -0.05) is 67.0 Å². The molecule has 6 N–H and O–H groups in total. The molecule has 1 aromatic carbocycles. The zero-order valence-corrected chi connectivity index (χ0v) is 31.1. The molecule has 0 heterocycles. The summed E-state index contributed by atoms with van der Waals surface area (Å²) in [6.07, 6.45) is 2.14. The molecule has 15 nitrogen and oxygen atoms in total. The van der Waals surface area contributed by atoms with Crippen molar-refractivity contribution in [1.82, 2.24) is 20.9 Å². The van der Waals surface area contributed by atoms with Crippen LogP contribution in [0.2, 0.25) is 0 Å². The van der Waals surface area contributed by atoms with Crippen molar-refractivity contribution in [3.8, 4) is 0 Å². The summed E-state index contributed by atoms with van der Waals surface area (Å²) in [5.41, 5.74) is 6.16. The fourth-order valence-corrected chi connectivity index (χ4v) is 3.30. The monoisotopic (exact) mass is 698 g/mol. The average Bonchev–Trinajstić information content (AvgIpc) is 3.08. The third kappa shape index (κ3) is 29.5. The molecule has 0 aliphatic rings. The Morgan fingerprint density at radius 3 is 2.02 bits per heavy atom. The molecular weight excluding hydrogens is 636 g/mol. The van der Waals surface area contributed by atoms with E-state index >= 15 is 0 Å². The van der Waals surface area contributed by atoms with Gasteiger partial charge in [-0.3, -0.25) is 19.2 Å². The summed E-state index contributed by atoms with van der Waals surface area (Å²) in [5, 5.41) is 10.2. The first-order chi connectivity index (χ1) is 23.4. The summed E-state index contributed by atoms with van der Waals surface area (Å²) in [6, 6.07) is 4.88. The summed E-state index contributed by atoms with van der Waals surface area (Å²) >= 11 is 0. The summed E-state index contributed by atoms with van der Waals surface area (Å²) in [4.78, 5) is 72.4. The second-order valence-electron chi connectivity index (χ2n) is 9.90. The van der Waals surface area contributed by atoms with Crippen LogP contribution in [0, 0.1) is 0 Å². The van der Waals surface area contributed by atoms with Crippen LogP contribution < -0.4 is 27.0 Å². The van der Waals surface area contributed by atoms with Crippen LogP contribution in [0.5, 0.6) is 0 Å². The molecule has 0 spiro atoms. The van der Waals surface area contributed by atoms with Crippen LogP contribution >= 0.6 is 0 Å². The number of nitrogens with one attached hydrogen (secondary N) is 4. The molecule has 15 heteroatoms. The van der Waals surface area contributed by atoms with Crippen LogP contribution in [0.25, 0.3) is 0 Å². The molecule has 0 saturated heterocycles. The Bertz CT molecular complexity index is 1060. The number of benzene rings is 1. The number of rotatable bonds is 19. The molecule has 0 aromatic heterocycles. The lowest BCUT2D eigenvalue weighted by molar-refractivity contribution is -0.141. The lowest BCUT2D eigenvalue weighted by Gasteiger charge is -2.19. The van der Waals surface area contributed by atoms with Crippen LogP contribution in [-0.2, 0) is 40.0 Å². The highest BCUT2D eigenvalue weighted by Gasteiger charge is 2.21. The van der Waals surface area contributed by atoms with Crippen molar-refractivity contribution < 1.29 is 43.0 Å². The minimum Gasteiger partial charge on any atom is -0.464 e. The van der Waals surface area contributed by atoms with E-state index in [1.807, 2.05) is 34.6 Å². The summed E-state index contributed by atoms with van der Waals surface area (Å²) < 4.78 is 15.3. The number of likely N-dealkylation sites (N-methyl/N-ethyl adjacent to an activating group) is 1. The molecule has 0 saturated carbocycles. The minimum absolute atomic E-state index is 0.0209. The second-order valence-corrected chi connectivity index (χ2v) is 9.90. The second kappa shape index (κ2) is 33.5. The molecule has 1 unspecified atom stereocenters. The van der Waals surface area contributed by atoms with E-state index in [-0.39, 0.29) is 58.2 Å². The van der Waals surface area contributed by atoms with Gasteiger partial charge in [-0.2, -0.15) is 0 Å². The number of primary amides is 1. The Hall–Kier alpha value is -4.40. The number of carbonyl (C=O) groups is 6. The van der Waals surface area contributed by atoms with Gasteiger partial charge in [0, 0.05) is 39.2 Å². The Kier molecular flexibility index (Phi) is 33.5. The minimum atomic E-state index is -0.958. The predicted molar refractivity (Wildman–Crippen MR) is 191 cm³/mol. The number of carbonyl (C=O) groups excluding carboxylic acids is 6. The first-order valence-corrected chi connectivity index (χ1v) is 17.0. The number of urea groups is 1. The van der Waals surface area contributed by atoms with Gasteiger partial charge in [-0.25, -0.2) is 9.59 Å². The molecule has 0 aliphatic heterocycles. The van der Waals surface area contributed by atoms with Gasteiger partial charge in [0.25, 0.3) is 0 Å². The van der Waals surface area contributed by atoms with Gasteiger partial charge in [0.05, 0.1) is 19.7 Å². The number of esters is 1. The SMILES string of the molecule is CC.CC.CCC.CCCOCCC(=O)NCC(=O)NC(CCCNC(N)=O)C(=O)Nc1ccc(COC(=O)N(C)CCOC(C)=O)cc1. The molecule has 0 radical (unpaired) electrons. The number of ether oxygens (including phenoxy) is 3. The molecule has 1 atom stereocenters. The van der Waals surface area contributed by atoms with Crippen LogP contribution in [0.3, 0.4) is 0 Å². The van der Waals surface area contributed by atoms with E-state index < -0.39 is 35.9 Å². The lowest BCUT2D eigenvalue weighted by atomic mass is 10.1. The smallest absolute Gasteiger partial charge is 0.409 e. The van der Waals surface area contributed by atoms with Gasteiger partial charge in [0.2, 0.25) is 17.7 Å². The largest absolute Gasteiger partial charge is 0.464 e. The molecular formula is C34H62N6O9. The maximum absolute atomic E-state index is 13.0. The Labute approximate surface area is 292 Å². The number of anilines is 1. The van der Waals surface area contributed by atoms with Crippen molar-refractivity contribution >= 4 is 41.5 Å². The maximum Gasteiger partial charge on any atom is 0.409 e. The molecule has 0 fully saturated rings. The maximum atomic E-state index is 13.0. The number of amides is 6. The topological polar surface area (TPSA) is 207 Å². The highest BCUT2D eigenvalue weighted by Crippen LogP contribution is 2.12. The third-order valence-electron chi connectivity index (χ3n) is 5.52. The van der Waals surface area contributed by atoms with Crippen molar-refractivity contribution in [3.05, 3.63) is 29.8 Å². The van der Waals surface area contributed by atoms with Crippen LogP contribution in [0.4, 0.5) is 15.3 Å². The molecule has 282 valence electrons. The first kappa shape index (κ1) is 49.0. The van der Waals surface area contributed by atoms with Gasteiger partial charge in [-0.15, -0.1) is 0 Å². The van der Waals surface area contributed by atoms with E-state index in [9.17, 15) is 28.8 Å². The highest BCUT2D eigenvalue weighted by atomic mass is 16.6. The predicted octanol–water partition coefficient (Wildman–Crippen LogP) is 4.09. The fourth-order valence-electron chi connectivity index (χ4n) is 3.30. The third-order valence-corrected chi connectivity index (χ3v) is 5.52. The molecule has 1 rings (SSSR count). The van der Waals surface area contributed by atoms with Gasteiger partial charge in [0.1, 0.15) is 19.3 Å². The van der Waals surface area contributed by atoms with Crippen molar-refractivity contribution in [3.63, 3.8) is 0 Å². The fraction of sp³-hybridized carbons (Fsp3) is 0.647. The van der Waals surface area contributed by atoms with Crippen molar-refractivity contribution in [2.45, 2.75) is 100 Å². The standard InChI is InChI=1S/C27H42N6O9.C3H8.2C2H6/c1-4-14-40-15-11-23(35)30-17-24(36)32-22(6-5-12-29-26(28)38)25(37)31-21-9-7-20(8-10-21)18-42-27(39)33(3)13-16-41-19(2)34;1-3-2;2*1-2/h7-10,22H,4-6,11-18H2,1-3H3,(H,30,35)(H,31,37)(H,32,36)(H3,28,29,38);3H2,1-2H3;2*1-2H3. The van der Waals surface area contributed by atoms with Crippen molar-refractivity contribution in [1.29, 1.82) is 0 Å². The number of hydrogen-bond acceptors (Lipinski definition) is 9. The van der Waals surface area contributed by atoms with E-state index in [4.69, 9.17) is 19.9 Å². The first-order valence-electron chi connectivity index (χ1n) is 17.0. The van der Waals surface area contributed by atoms with Gasteiger partial charge in [0.15, 0.2) is 0 Å². The molecule has 0 aliphatic carbocycles. The summed E-state index contributed by atoms with van der Waals surface area (Å²) in [6.45, 7) is 16.4. The van der Waals surface area contributed by atoms with E-state index in [1.54, 1.807) is 24.3 Å². The number of hydrogen-bond donors (Lipinski definition) is 5. The van der Waals surface area contributed by atoms with Crippen molar-refractivity contribution in [2.75, 3.05) is 51.8 Å². The average molecular weight is 699 g/mol. The van der Waals surface area contributed by atoms with E-state index in [1.165, 1.54) is 25.3 Å². The van der Waals surface area contributed by atoms with Gasteiger partial charge < -0.3 is 46.1 Å². The van der Waals surface area contributed by atoms with E-state index in [0.717, 1.165) is 6.42 Å². The van der Waals surface area contributed by atoms with Crippen molar-refractivity contribution in [2.24, 2.45) is 5.73 Å². The van der Waals surface area contributed by atoms with Crippen LogP contribution in [0.1, 0.15) is 93.1 Å².